The molecule has 1 heterocycles. The average molecular weight is 474 g/mol. The van der Waals surface area contributed by atoms with Crippen molar-refractivity contribution < 1.29 is 9.59 Å². The third-order valence-corrected chi connectivity index (χ3v) is 6.89. The van der Waals surface area contributed by atoms with Gasteiger partial charge in [-0.1, -0.05) is 66.7 Å². The molecule has 33 heavy (non-hydrogen) atoms. The maximum atomic E-state index is 13.2. The molecule has 0 aliphatic rings. The topological polar surface area (TPSA) is 71.1 Å². The van der Waals surface area contributed by atoms with Gasteiger partial charge in [0.25, 0.3) is 0 Å². The molecule has 0 radical (unpaired) electrons. The van der Waals surface area contributed by atoms with Crippen LogP contribution < -0.4 is 10.6 Å². The lowest BCUT2D eigenvalue weighted by Gasteiger charge is -2.17. The van der Waals surface area contributed by atoms with Crippen LogP contribution in [0, 0.1) is 6.92 Å². The van der Waals surface area contributed by atoms with Crippen molar-refractivity contribution in [3.05, 3.63) is 107 Å². The number of aryl methyl sites for hydroxylation is 1. The molecular weight excluding hydrogens is 450 g/mol. The molecule has 0 spiro atoms. The zero-order chi connectivity index (χ0) is 23.0. The number of anilines is 2. The zero-order valence-electron chi connectivity index (χ0n) is 18.0. The number of hydrogen-bond acceptors (Lipinski definition) is 5. The van der Waals surface area contributed by atoms with E-state index in [9.17, 15) is 9.59 Å². The molecule has 1 aromatic heterocycles. The van der Waals surface area contributed by atoms with E-state index in [0.717, 1.165) is 21.7 Å². The van der Waals surface area contributed by atoms with Gasteiger partial charge in [-0.25, -0.2) is 4.98 Å². The van der Waals surface area contributed by atoms with E-state index in [4.69, 9.17) is 0 Å². The first kappa shape index (κ1) is 22.8. The number of aromatic nitrogens is 1. The van der Waals surface area contributed by atoms with Crippen molar-refractivity contribution in [3.63, 3.8) is 0 Å². The Morgan fingerprint density at radius 2 is 1.67 bits per heavy atom. The predicted octanol–water partition coefficient (Wildman–Crippen LogP) is 6.10. The van der Waals surface area contributed by atoms with Crippen LogP contribution in [0.25, 0.3) is 0 Å². The van der Waals surface area contributed by atoms with Gasteiger partial charge in [0.15, 0.2) is 5.13 Å². The fourth-order valence-corrected chi connectivity index (χ4v) is 5.03. The summed E-state index contributed by atoms with van der Waals surface area (Å²) in [6.07, 6.45) is 0.306. The van der Waals surface area contributed by atoms with E-state index < -0.39 is 5.25 Å². The summed E-state index contributed by atoms with van der Waals surface area (Å²) in [5.74, 6) is -0.223. The van der Waals surface area contributed by atoms with E-state index >= 15 is 0 Å². The van der Waals surface area contributed by atoms with Gasteiger partial charge in [0.05, 0.1) is 12.1 Å². The summed E-state index contributed by atoms with van der Waals surface area (Å²) in [4.78, 5) is 30.8. The largest absolute Gasteiger partial charge is 0.326 e. The number of amides is 2. The van der Waals surface area contributed by atoms with Crippen molar-refractivity contribution in [1.82, 2.24) is 4.98 Å². The van der Waals surface area contributed by atoms with Gasteiger partial charge in [0.1, 0.15) is 5.25 Å². The van der Waals surface area contributed by atoms with Gasteiger partial charge in [0, 0.05) is 16.0 Å². The van der Waals surface area contributed by atoms with Crippen molar-refractivity contribution in [1.29, 1.82) is 0 Å². The summed E-state index contributed by atoms with van der Waals surface area (Å²) in [5.41, 5.74) is 3.42. The zero-order valence-corrected chi connectivity index (χ0v) is 19.7. The lowest BCUT2D eigenvalue weighted by atomic mass is 10.1. The molecule has 5 nitrogen and oxygen atoms in total. The molecule has 0 fully saturated rings. The predicted molar refractivity (Wildman–Crippen MR) is 136 cm³/mol. The summed E-state index contributed by atoms with van der Waals surface area (Å²) < 4.78 is 0. The normalized spacial score (nSPS) is 11.5. The standard InChI is InChI=1S/C26H23N3O2S2/c1-18-17-32-26(27-18)29-25(31)24(20-11-6-3-7-12-20)33-22-14-8-13-21(16-22)28-23(30)15-19-9-4-2-5-10-19/h2-14,16-17,24H,15H2,1H3,(H,28,30)(H,27,29,31). The second kappa shape index (κ2) is 10.9. The van der Waals surface area contributed by atoms with E-state index in [1.54, 1.807) is 0 Å². The number of hydrogen-bond donors (Lipinski definition) is 2. The smallest absolute Gasteiger partial charge is 0.244 e. The molecular formula is C26H23N3O2S2. The van der Waals surface area contributed by atoms with Crippen LogP contribution in [0.4, 0.5) is 10.8 Å². The molecule has 4 aromatic rings. The number of nitrogens with zero attached hydrogens (tertiary/aromatic N) is 1. The summed E-state index contributed by atoms with van der Waals surface area (Å²) in [7, 11) is 0. The number of nitrogens with one attached hydrogen (secondary N) is 2. The fraction of sp³-hybridized carbons (Fsp3) is 0.115. The van der Waals surface area contributed by atoms with Gasteiger partial charge in [-0.05, 0) is 36.2 Å². The highest BCUT2D eigenvalue weighted by atomic mass is 32.2. The minimum absolute atomic E-state index is 0.0835. The van der Waals surface area contributed by atoms with Crippen LogP contribution in [0.5, 0.6) is 0 Å². The van der Waals surface area contributed by atoms with Gasteiger partial charge in [0.2, 0.25) is 11.8 Å². The Morgan fingerprint density at radius 1 is 0.939 bits per heavy atom. The lowest BCUT2D eigenvalue weighted by Crippen LogP contribution is -2.19. The second-order valence-corrected chi connectivity index (χ2v) is 9.47. The minimum atomic E-state index is -0.467. The molecule has 2 amide bonds. The van der Waals surface area contributed by atoms with Crippen molar-refractivity contribution in [2.75, 3.05) is 10.6 Å². The van der Waals surface area contributed by atoms with Crippen molar-refractivity contribution in [2.45, 2.75) is 23.5 Å². The van der Waals surface area contributed by atoms with Gasteiger partial charge in [-0.15, -0.1) is 23.1 Å². The monoisotopic (exact) mass is 473 g/mol. The maximum Gasteiger partial charge on any atom is 0.244 e. The lowest BCUT2D eigenvalue weighted by molar-refractivity contribution is -0.116. The maximum absolute atomic E-state index is 13.2. The van der Waals surface area contributed by atoms with Gasteiger partial charge < -0.3 is 10.6 Å². The highest BCUT2D eigenvalue weighted by molar-refractivity contribution is 8.00. The summed E-state index contributed by atoms with van der Waals surface area (Å²) >= 11 is 2.84. The van der Waals surface area contributed by atoms with E-state index in [1.807, 2.05) is 97.2 Å². The molecule has 166 valence electrons. The third-order valence-electron chi connectivity index (χ3n) is 4.77. The Kier molecular flexibility index (Phi) is 7.55. The first-order valence-corrected chi connectivity index (χ1v) is 12.2. The van der Waals surface area contributed by atoms with Gasteiger partial charge in [-0.2, -0.15) is 0 Å². The summed E-state index contributed by atoms with van der Waals surface area (Å²) in [6, 6.07) is 26.8. The minimum Gasteiger partial charge on any atom is -0.326 e. The Bertz CT molecular complexity index is 1230. The van der Waals surface area contributed by atoms with Crippen LogP contribution in [-0.4, -0.2) is 16.8 Å². The molecule has 1 atom stereocenters. The van der Waals surface area contributed by atoms with Crippen LogP contribution in [-0.2, 0) is 16.0 Å². The van der Waals surface area contributed by atoms with Crippen LogP contribution in [0.1, 0.15) is 22.1 Å². The molecule has 3 aromatic carbocycles. The number of carbonyl (C=O) groups excluding carboxylic acids is 2. The highest BCUT2D eigenvalue weighted by Crippen LogP contribution is 2.37. The molecule has 0 saturated carbocycles. The molecule has 7 heteroatoms. The SMILES string of the molecule is Cc1csc(NC(=O)C(Sc2cccc(NC(=O)Cc3ccccc3)c2)c2ccccc2)n1. The number of rotatable bonds is 8. The molecule has 4 rings (SSSR count). The van der Waals surface area contributed by atoms with Crippen LogP contribution >= 0.6 is 23.1 Å². The first-order valence-electron chi connectivity index (χ1n) is 10.5. The second-order valence-electron chi connectivity index (χ2n) is 7.43. The van der Waals surface area contributed by atoms with Crippen LogP contribution in [0.2, 0.25) is 0 Å². The Hall–Kier alpha value is -3.42. The van der Waals surface area contributed by atoms with Gasteiger partial charge >= 0.3 is 0 Å². The number of benzene rings is 3. The van der Waals surface area contributed by atoms with Crippen LogP contribution in [0.15, 0.2) is 95.2 Å². The molecule has 1 unspecified atom stereocenters. The van der Waals surface area contributed by atoms with E-state index in [-0.39, 0.29) is 11.8 Å². The third kappa shape index (κ3) is 6.54. The summed E-state index contributed by atoms with van der Waals surface area (Å²) in [6.45, 7) is 1.90. The Morgan fingerprint density at radius 3 is 2.36 bits per heavy atom. The Balaban J connectivity index is 1.49. The Labute approximate surface area is 201 Å². The van der Waals surface area contributed by atoms with Crippen molar-refractivity contribution in [2.24, 2.45) is 0 Å². The fourth-order valence-electron chi connectivity index (χ4n) is 3.25. The quantitative estimate of drug-likeness (QED) is 0.303. The van der Waals surface area contributed by atoms with E-state index in [1.165, 1.54) is 23.1 Å². The molecule has 0 saturated heterocycles. The molecule has 0 aliphatic heterocycles. The summed E-state index contributed by atoms with van der Waals surface area (Å²) in [5, 5.41) is 7.91. The van der Waals surface area contributed by atoms with E-state index in [0.29, 0.717) is 17.2 Å². The number of thioether (sulfide) groups is 1. The first-order chi connectivity index (χ1) is 16.1. The van der Waals surface area contributed by atoms with Crippen molar-refractivity contribution in [3.8, 4) is 0 Å². The number of carbonyl (C=O) groups is 2. The highest BCUT2D eigenvalue weighted by Gasteiger charge is 2.23. The molecule has 2 N–H and O–H groups in total. The van der Waals surface area contributed by atoms with Crippen LogP contribution in [0.3, 0.4) is 0 Å². The molecule has 0 bridgehead atoms. The van der Waals surface area contributed by atoms with E-state index in [2.05, 4.69) is 15.6 Å². The number of thiazole rings is 1. The average Bonchev–Trinajstić information content (AvgIpc) is 3.23. The van der Waals surface area contributed by atoms with Crippen molar-refractivity contribution >= 4 is 45.7 Å². The van der Waals surface area contributed by atoms with Gasteiger partial charge in [-0.3, -0.25) is 9.59 Å². The molecule has 0 aliphatic carbocycles.